The van der Waals surface area contributed by atoms with Crippen LogP contribution in [0, 0.1) is 12.8 Å². The van der Waals surface area contributed by atoms with Crippen LogP contribution in [-0.4, -0.2) is 18.7 Å². The molecule has 3 heteroatoms. The second-order valence-electron chi connectivity index (χ2n) is 6.05. The maximum atomic E-state index is 6.25. The van der Waals surface area contributed by atoms with Crippen molar-refractivity contribution in [3.05, 3.63) is 28.8 Å². The fourth-order valence-corrected chi connectivity index (χ4v) is 3.00. The molecule has 1 aromatic rings. The summed E-state index contributed by atoms with van der Waals surface area (Å²) in [6, 6.07) is 6.42. The van der Waals surface area contributed by atoms with Crippen LogP contribution in [-0.2, 0) is 0 Å². The van der Waals surface area contributed by atoms with Gasteiger partial charge in [-0.15, -0.1) is 0 Å². The minimum absolute atomic E-state index is 0.269. The fraction of sp³-hybridized carbons (Fsp3) is 0.647. The first-order valence-electron chi connectivity index (χ1n) is 7.76. The predicted molar refractivity (Wildman–Crippen MR) is 85.7 cm³/mol. The number of ether oxygens (including phenoxy) is 1. The topological polar surface area (TPSA) is 21.3 Å². The first-order chi connectivity index (χ1) is 9.60. The van der Waals surface area contributed by atoms with E-state index in [-0.39, 0.29) is 6.10 Å². The summed E-state index contributed by atoms with van der Waals surface area (Å²) in [7, 11) is 0. The standard InChI is InChI=1S/C17H26ClNO/c1-4-9-19-16-8-5-12(2)10-17(16)20-14-6-7-15(18)13(3)11-14/h6-7,11-12,16-17,19H,4-5,8-10H2,1-3H3. The van der Waals surface area contributed by atoms with Gasteiger partial charge in [-0.05, 0) is 68.8 Å². The van der Waals surface area contributed by atoms with E-state index in [0.717, 1.165) is 35.2 Å². The molecule has 20 heavy (non-hydrogen) atoms. The summed E-state index contributed by atoms with van der Waals surface area (Å²) < 4.78 is 6.25. The molecular formula is C17H26ClNO. The normalized spacial score (nSPS) is 26.5. The monoisotopic (exact) mass is 295 g/mol. The molecule has 0 spiro atoms. The largest absolute Gasteiger partial charge is 0.489 e. The summed E-state index contributed by atoms with van der Waals surface area (Å²) in [5.74, 6) is 1.68. The molecule has 0 bridgehead atoms. The zero-order valence-electron chi connectivity index (χ0n) is 12.8. The number of aryl methyl sites for hydroxylation is 1. The van der Waals surface area contributed by atoms with Gasteiger partial charge in [-0.25, -0.2) is 0 Å². The highest BCUT2D eigenvalue weighted by Gasteiger charge is 2.29. The molecule has 0 aromatic heterocycles. The first-order valence-corrected chi connectivity index (χ1v) is 8.14. The number of halogens is 1. The van der Waals surface area contributed by atoms with Crippen LogP contribution in [0.4, 0.5) is 0 Å². The number of rotatable bonds is 5. The maximum absolute atomic E-state index is 6.25. The fourth-order valence-electron chi connectivity index (χ4n) is 2.89. The van der Waals surface area contributed by atoms with Gasteiger partial charge in [0.2, 0.25) is 0 Å². The zero-order valence-corrected chi connectivity index (χ0v) is 13.5. The average Bonchev–Trinajstić information content (AvgIpc) is 2.42. The van der Waals surface area contributed by atoms with Crippen molar-refractivity contribution in [1.29, 1.82) is 0 Å². The van der Waals surface area contributed by atoms with Crippen molar-refractivity contribution < 1.29 is 4.74 Å². The molecule has 2 rings (SSSR count). The molecule has 0 saturated heterocycles. The Morgan fingerprint density at radius 1 is 1.35 bits per heavy atom. The van der Waals surface area contributed by atoms with Crippen molar-refractivity contribution in [3.8, 4) is 5.75 Å². The Balaban J connectivity index is 2.04. The molecule has 112 valence electrons. The third kappa shape index (κ3) is 4.13. The molecule has 1 N–H and O–H groups in total. The molecule has 3 unspecified atom stereocenters. The number of hydrogen-bond acceptors (Lipinski definition) is 2. The molecule has 1 saturated carbocycles. The van der Waals surface area contributed by atoms with Gasteiger partial charge in [0.05, 0.1) is 0 Å². The van der Waals surface area contributed by atoms with E-state index in [0.29, 0.717) is 6.04 Å². The molecule has 1 aliphatic rings. The molecule has 3 atom stereocenters. The van der Waals surface area contributed by atoms with Crippen molar-refractivity contribution in [1.82, 2.24) is 5.32 Å². The Morgan fingerprint density at radius 2 is 2.15 bits per heavy atom. The van der Waals surface area contributed by atoms with Gasteiger partial charge in [0.25, 0.3) is 0 Å². The van der Waals surface area contributed by atoms with Crippen molar-refractivity contribution in [2.45, 2.75) is 58.6 Å². The number of nitrogens with one attached hydrogen (secondary N) is 1. The van der Waals surface area contributed by atoms with Crippen LogP contribution in [0.2, 0.25) is 5.02 Å². The Kier molecular flexibility index (Phi) is 5.74. The smallest absolute Gasteiger partial charge is 0.120 e. The number of benzene rings is 1. The molecule has 0 heterocycles. The summed E-state index contributed by atoms with van der Waals surface area (Å²) >= 11 is 6.08. The van der Waals surface area contributed by atoms with E-state index in [1.807, 2.05) is 25.1 Å². The second kappa shape index (κ2) is 7.33. The van der Waals surface area contributed by atoms with Gasteiger partial charge in [0, 0.05) is 11.1 Å². The lowest BCUT2D eigenvalue weighted by Crippen LogP contribution is -2.47. The van der Waals surface area contributed by atoms with E-state index in [4.69, 9.17) is 16.3 Å². The summed E-state index contributed by atoms with van der Waals surface area (Å²) in [6.07, 6.45) is 5.06. The second-order valence-corrected chi connectivity index (χ2v) is 6.45. The van der Waals surface area contributed by atoms with Crippen LogP contribution in [0.3, 0.4) is 0 Å². The van der Waals surface area contributed by atoms with E-state index in [1.165, 1.54) is 19.3 Å². The Hall–Kier alpha value is -0.730. The first kappa shape index (κ1) is 15.7. The van der Waals surface area contributed by atoms with E-state index >= 15 is 0 Å². The summed E-state index contributed by atoms with van der Waals surface area (Å²) in [6.45, 7) is 7.61. The lowest BCUT2D eigenvalue weighted by molar-refractivity contribution is 0.0908. The quantitative estimate of drug-likeness (QED) is 0.858. The SMILES string of the molecule is CCCNC1CCC(C)CC1Oc1ccc(Cl)c(C)c1. The highest BCUT2D eigenvalue weighted by Crippen LogP contribution is 2.29. The highest BCUT2D eigenvalue weighted by atomic mass is 35.5. The molecular weight excluding hydrogens is 270 g/mol. The van der Waals surface area contributed by atoms with Crippen molar-refractivity contribution in [3.63, 3.8) is 0 Å². The zero-order chi connectivity index (χ0) is 14.5. The Bertz CT molecular complexity index is 433. The Morgan fingerprint density at radius 3 is 2.85 bits per heavy atom. The lowest BCUT2D eigenvalue weighted by atomic mass is 9.85. The van der Waals surface area contributed by atoms with Crippen LogP contribution < -0.4 is 10.1 Å². The minimum atomic E-state index is 0.269. The molecule has 0 amide bonds. The van der Waals surface area contributed by atoms with Crippen LogP contribution in [0.25, 0.3) is 0 Å². The van der Waals surface area contributed by atoms with Gasteiger partial charge in [0.1, 0.15) is 11.9 Å². The van der Waals surface area contributed by atoms with Gasteiger partial charge < -0.3 is 10.1 Å². The van der Waals surface area contributed by atoms with E-state index < -0.39 is 0 Å². The van der Waals surface area contributed by atoms with Gasteiger partial charge >= 0.3 is 0 Å². The molecule has 0 radical (unpaired) electrons. The van der Waals surface area contributed by atoms with Crippen molar-refractivity contribution in [2.75, 3.05) is 6.54 Å². The van der Waals surface area contributed by atoms with Crippen LogP contribution in [0.15, 0.2) is 18.2 Å². The van der Waals surface area contributed by atoms with E-state index in [2.05, 4.69) is 19.2 Å². The van der Waals surface area contributed by atoms with Gasteiger partial charge in [-0.1, -0.05) is 25.4 Å². The van der Waals surface area contributed by atoms with E-state index in [9.17, 15) is 0 Å². The highest BCUT2D eigenvalue weighted by molar-refractivity contribution is 6.31. The minimum Gasteiger partial charge on any atom is -0.489 e. The average molecular weight is 296 g/mol. The van der Waals surface area contributed by atoms with Crippen LogP contribution in [0.1, 0.15) is 45.1 Å². The Labute approximate surface area is 127 Å². The molecule has 1 fully saturated rings. The van der Waals surface area contributed by atoms with Crippen molar-refractivity contribution in [2.24, 2.45) is 5.92 Å². The molecule has 0 aliphatic heterocycles. The van der Waals surface area contributed by atoms with Gasteiger partial charge in [0.15, 0.2) is 0 Å². The maximum Gasteiger partial charge on any atom is 0.120 e. The van der Waals surface area contributed by atoms with E-state index in [1.54, 1.807) is 0 Å². The number of hydrogen-bond donors (Lipinski definition) is 1. The summed E-state index contributed by atoms with van der Waals surface area (Å²) in [5.41, 5.74) is 1.08. The van der Waals surface area contributed by atoms with Crippen molar-refractivity contribution >= 4 is 11.6 Å². The third-order valence-corrected chi connectivity index (χ3v) is 4.55. The van der Waals surface area contributed by atoms with Gasteiger partial charge in [-0.3, -0.25) is 0 Å². The van der Waals surface area contributed by atoms with Gasteiger partial charge in [-0.2, -0.15) is 0 Å². The molecule has 1 aliphatic carbocycles. The summed E-state index contributed by atoms with van der Waals surface area (Å²) in [4.78, 5) is 0. The predicted octanol–water partition coefficient (Wildman–Crippen LogP) is 4.58. The molecule has 2 nitrogen and oxygen atoms in total. The van der Waals surface area contributed by atoms with Crippen LogP contribution >= 0.6 is 11.6 Å². The van der Waals surface area contributed by atoms with Crippen LogP contribution in [0.5, 0.6) is 5.75 Å². The lowest BCUT2D eigenvalue weighted by Gasteiger charge is -2.35. The summed E-state index contributed by atoms with van der Waals surface area (Å²) in [5, 5.41) is 4.44. The third-order valence-electron chi connectivity index (χ3n) is 4.13. The molecule has 1 aromatic carbocycles.